The van der Waals surface area contributed by atoms with Crippen molar-refractivity contribution in [2.45, 2.75) is 6.92 Å². The molecule has 2 heterocycles. The topological polar surface area (TPSA) is 65.0 Å². The maximum Gasteiger partial charge on any atom is 0.240 e. The van der Waals surface area contributed by atoms with Crippen molar-refractivity contribution in [1.82, 2.24) is 15.0 Å². The normalized spacial score (nSPS) is 10.8. The highest BCUT2D eigenvalue weighted by atomic mass is 32.1. The summed E-state index contributed by atoms with van der Waals surface area (Å²) in [6.07, 6.45) is 3.19. The van der Waals surface area contributed by atoms with E-state index in [-0.39, 0.29) is 5.78 Å². The highest BCUT2D eigenvalue weighted by molar-refractivity contribution is 7.20. The summed E-state index contributed by atoms with van der Waals surface area (Å²) in [5, 5.41) is 0.486. The van der Waals surface area contributed by atoms with E-state index in [4.69, 9.17) is 4.74 Å². The molecule has 0 saturated heterocycles. The van der Waals surface area contributed by atoms with E-state index in [0.717, 1.165) is 10.2 Å². The van der Waals surface area contributed by atoms with E-state index in [1.54, 1.807) is 36.7 Å². The Morgan fingerprint density at radius 3 is 2.52 bits per heavy atom. The first kappa shape index (κ1) is 15.4. The number of para-hydroxylation sites is 1. The summed E-state index contributed by atoms with van der Waals surface area (Å²) in [5.74, 6) is 0.959. The zero-order valence-corrected chi connectivity index (χ0v) is 14.2. The van der Waals surface area contributed by atoms with E-state index in [9.17, 15) is 4.79 Å². The van der Waals surface area contributed by atoms with Gasteiger partial charge in [0.1, 0.15) is 5.75 Å². The summed E-state index contributed by atoms with van der Waals surface area (Å²) in [6, 6.07) is 14.7. The van der Waals surface area contributed by atoms with Gasteiger partial charge in [0.15, 0.2) is 5.01 Å². The average molecular weight is 347 g/mol. The van der Waals surface area contributed by atoms with Crippen LogP contribution in [-0.2, 0) is 0 Å². The fourth-order valence-electron chi connectivity index (χ4n) is 2.37. The maximum absolute atomic E-state index is 12.6. The molecule has 0 saturated carbocycles. The Bertz CT molecular complexity index is 1020. The average Bonchev–Trinajstić information content (AvgIpc) is 3.08. The third kappa shape index (κ3) is 3.12. The van der Waals surface area contributed by atoms with Gasteiger partial charge in [-0.3, -0.25) is 9.78 Å². The summed E-state index contributed by atoms with van der Waals surface area (Å²) in [5.41, 5.74) is 2.12. The summed E-state index contributed by atoms with van der Waals surface area (Å²) < 4.78 is 6.70. The molecule has 5 nitrogen and oxygen atoms in total. The lowest BCUT2D eigenvalue weighted by Gasteiger charge is -2.06. The first-order valence-electron chi connectivity index (χ1n) is 7.66. The van der Waals surface area contributed by atoms with Crippen molar-refractivity contribution in [2.75, 3.05) is 0 Å². The number of aryl methyl sites for hydroxylation is 1. The number of benzene rings is 2. The Morgan fingerprint density at radius 2 is 1.76 bits per heavy atom. The number of aromatic nitrogens is 3. The molecular formula is C19H13N3O2S. The predicted octanol–water partition coefficient (Wildman–Crippen LogP) is 4.42. The molecule has 0 radical (unpaired) electrons. The number of ether oxygens (including phenoxy) is 1. The van der Waals surface area contributed by atoms with E-state index >= 15 is 0 Å². The molecule has 0 fully saturated rings. The molecule has 4 aromatic rings. The van der Waals surface area contributed by atoms with Crippen LogP contribution < -0.4 is 4.74 Å². The number of carbonyl (C=O) groups excluding carboxylic acids is 1. The van der Waals surface area contributed by atoms with Crippen molar-refractivity contribution in [2.24, 2.45) is 0 Å². The fraction of sp³-hybridized carbons (Fsp3) is 0.0526. The summed E-state index contributed by atoms with van der Waals surface area (Å²) in [6.45, 7) is 1.83. The second-order valence-corrected chi connectivity index (χ2v) is 6.42. The minimum atomic E-state index is -0.0940. The molecule has 2 aromatic heterocycles. The van der Waals surface area contributed by atoms with Gasteiger partial charge in [-0.05, 0) is 43.3 Å². The molecule has 0 unspecified atom stereocenters. The van der Waals surface area contributed by atoms with Crippen molar-refractivity contribution < 1.29 is 9.53 Å². The minimum absolute atomic E-state index is 0.0940. The molecule has 0 spiro atoms. The quantitative estimate of drug-likeness (QED) is 0.511. The van der Waals surface area contributed by atoms with Gasteiger partial charge in [-0.1, -0.05) is 12.1 Å². The van der Waals surface area contributed by atoms with Crippen LogP contribution in [0.1, 0.15) is 21.1 Å². The second kappa shape index (κ2) is 6.41. The molecule has 0 atom stereocenters. The Labute approximate surface area is 148 Å². The van der Waals surface area contributed by atoms with Gasteiger partial charge in [0.25, 0.3) is 0 Å². The molecule has 122 valence electrons. The van der Waals surface area contributed by atoms with Crippen molar-refractivity contribution in [3.63, 3.8) is 0 Å². The van der Waals surface area contributed by atoms with Gasteiger partial charge in [-0.2, -0.15) is 0 Å². The lowest BCUT2D eigenvalue weighted by molar-refractivity contribution is 0.103. The second-order valence-electron chi connectivity index (χ2n) is 5.39. The lowest BCUT2D eigenvalue weighted by atomic mass is 10.1. The number of ketones is 1. The number of hydrogen-bond donors (Lipinski definition) is 0. The Balaban J connectivity index is 1.57. The van der Waals surface area contributed by atoms with Crippen LogP contribution in [0.4, 0.5) is 0 Å². The number of thiazole rings is 1. The van der Waals surface area contributed by atoms with E-state index < -0.39 is 0 Å². The predicted molar refractivity (Wildman–Crippen MR) is 96.3 cm³/mol. The molecular weight excluding hydrogens is 334 g/mol. The number of hydrogen-bond acceptors (Lipinski definition) is 6. The molecule has 6 heteroatoms. The molecule has 0 aliphatic carbocycles. The van der Waals surface area contributed by atoms with Crippen molar-refractivity contribution in [3.05, 3.63) is 77.2 Å². The van der Waals surface area contributed by atoms with Crippen molar-refractivity contribution in [1.29, 1.82) is 0 Å². The van der Waals surface area contributed by atoms with Crippen molar-refractivity contribution >= 4 is 27.3 Å². The van der Waals surface area contributed by atoms with Crippen LogP contribution >= 0.6 is 11.3 Å². The highest BCUT2D eigenvalue weighted by Crippen LogP contribution is 2.25. The smallest absolute Gasteiger partial charge is 0.240 e. The van der Waals surface area contributed by atoms with Gasteiger partial charge in [0.05, 0.1) is 15.9 Å². The van der Waals surface area contributed by atoms with Crippen LogP contribution in [0, 0.1) is 6.92 Å². The van der Waals surface area contributed by atoms with Gasteiger partial charge in [0, 0.05) is 18.0 Å². The molecule has 25 heavy (non-hydrogen) atoms. The van der Waals surface area contributed by atoms with Gasteiger partial charge < -0.3 is 4.74 Å². The molecule has 0 aliphatic rings. The van der Waals surface area contributed by atoms with Crippen LogP contribution in [0.3, 0.4) is 0 Å². The zero-order chi connectivity index (χ0) is 17.2. The van der Waals surface area contributed by atoms with Gasteiger partial charge >= 0.3 is 0 Å². The van der Waals surface area contributed by atoms with E-state index in [1.807, 2.05) is 31.2 Å². The lowest BCUT2D eigenvalue weighted by Crippen LogP contribution is -2.00. The van der Waals surface area contributed by atoms with Crippen LogP contribution in [0.2, 0.25) is 0 Å². The van der Waals surface area contributed by atoms with Crippen LogP contribution in [0.25, 0.3) is 10.2 Å². The molecule has 0 amide bonds. The zero-order valence-electron chi connectivity index (χ0n) is 13.3. The highest BCUT2D eigenvalue weighted by Gasteiger charge is 2.14. The van der Waals surface area contributed by atoms with Crippen molar-refractivity contribution in [3.8, 4) is 11.6 Å². The van der Waals surface area contributed by atoms with Gasteiger partial charge in [0.2, 0.25) is 11.7 Å². The number of fused-ring (bicyclic) bond motifs is 1. The van der Waals surface area contributed by atoms with E-state index in [2.05, 4.69) is 15.0 Å². The van der Waals surface area contributed by atoms with E-state index in [1.165, 1.54) is 11.3 Å². The van der Waals surface area contributed by atoms with Crippen LogP contribution in [0.5, 0.6) is 11.6 Å². The van der Waals surface area contributed by atoms with Crippen LogP contribution in [-0.4, -0.2) is 20.7 Å². The molecule has 0 N–H and O–H groups in total. The van der Waals surface area contributed by atoms with Crippen LogP contribution in [0.15, 0.2) is 60.9 Å². The number of carbonyl (C=O) groups is 1. The SMILES string of the molecule is Cc1nccnc1Oc1ccc(C(=O)c2nc3ccccc3s2)cc1. The van der Waals surface area contributed by atoms with E-state index in [0.29, 0.717) is 27.9 Å². The molecule has 2 aromatic carbocycles. The third-order valence-electron chi connectivity index (χ3n) is 3.66. The first-order chi connectivity index (χ1) is 12.2. The Hall–Kier alpha value is -3.12. The molecule has 4 rings (SSSR count). The largest absolute Gasteiger partial charge is 0.437 e. The third-order valence-corrected chi connectivity index (χ3v) is 4.69. The summed E-state index contributed by atoms with van der Waals surface area (Å²) in [4.78, 5) is 25.3. The minimum Gasteiger partial charge on any atom is -0.437 e. The summed E-state index contributed by atoms with van der Waals surface area (Å²) in [7, 11) is 0. The fourth-order valence-corrected chi connectivity index (χ4v) is 3.30. The summed E-state index contributed by atoms with van der Waals surface area (Å²) >= 11 is 1.40. The number of rotatable bonds is 4. The monoisotopic (exact) mass is 347 g/mol. The Morgan fingerprint density at radius 1 is 1.00 bits per heavy atom. The molecule has 0 bridgehead atoms. The first-order valence-corrected chi connectivity index (χ1v) is 8.48. The number of nitrogens with zero attached hydrogens (tertiary/aromatic N) is 3. The van der Waals surface area contributed by atoms with Gasteiger partial charge in [-0.25, -0.2) is 9.97 Å². The molecule has 0 aliphatic heterocycles. The standard InChI is InChI=1S/C19H13N3O2S/c1-12-18(21-11-10-20-12)24-14-8-6-13(7-9-14)17(23)19-22-15-4-2-3-5-16(15)25-19/h2-11H,1H3. The maximum atomic E-state index is 12.6. The Kier molecular flexibility index (Phi) is 3.95. The van der Waals surface area contributed by atoms with Gasteiger partial charge in [-0.15, -0.1) is 11.3 Å².